The monoisotopic (exact) mass is 277 g/mol. The molecule has 2 aromatic rings. The Hall–Kier alpha value is -1.17. The summed E-state index contributed by atoms with van der Waals surface area (Å²) in [4.78, 5) is 14.3. The largest absolute Gasteiger partial charge is 0.314 e. The number of hydrogen-bond acceptors (Lipinski definition) is 4. The molecule has 0 radical (unpaired) electrons. The van der Waals surface area contributed by atoms with Gasteiger partial charge in [0.05, 0.1) is 10.2 Å². The van der Waals surface area contributed by atoms with Crippen LogP contribution < -0.4 is 10.2 Å². The highest BCUT2D eigenvalue weighted by molar-refractivity contribution is 7.16. The lowest BCUT2D eigenvalue weighted by Crippen LogP contribution is -2.49. The maximum absolute atomic E-state index is 11.7. The quantitative estimate of drug-likeness (QED) is 0.901. The summed E-state index contributed by atoms with van der Waals surface area (Å²) in [5.41, 5.74) is 2.33. The average molecular weight is 277 g/mol. The molecule has 1 aromatic carbocycles. The van der Waals surface area contributed by atoms with E-state index in [4.69, 9.17) is 0 Å². The van der Waals surface area contributed by atoms with Crippen LogP contribution in [0.3, 0.4) is 0 Å². The smallest absolute Gasteiger partial charge is 0.307 e. The summed E-state index contributed by atoms with van der Waals surface area (Å²) in [5.74, 6) is 0. The van der Waals surface area contributed by atoms with Crippen molar-refractivity contribution >= 4 is 21.6 Å². The zero-order valence-electron chi connectivity index (χ0n) is 11.3. The molecule has 4 nitrogen and oxygen atoms in total. The van der Waals surface area contributed by atoms with Crippen LogP contribution in [-0.4, -0.2) is 35.1 Å². The van der Waals surface area contributed by atoms with E-state index in [-0.39, 0.29) is 4.87 Å². The topological polar surface area (TPSA) is 37.3 Å². The van der Waals surface area contributed by atoms with Crippen LogP contribution in [0.15, 0.2) is 23.0 Å². The summed E-state index contributed by atoms with van der Waals surface area (Å²) in [6.07, 6.45) is 0. The number of thiazole rings is 1. The molecule has 5 heteroatoms. The van der Waals surface area contributed by atoms with E-state index in [9.17, 15) is 4.79 Å². The van der Waals surface area contributed by atoms with Crippen molar-refractivity contribution in [2.75, 3.05) is 19.6 Å². The summed E-state index contributed by atoms with van der Waals surface area (Å²) >= 11 is 1.33. The summed E-state index contributed by atoms with van der Waals surface area (Å²) in [6.45, 7) is 6.43. The molecule has 0 aliphatic carbocycles. The number of rotatable bonds is 2. The zero-order chi connectivity index (χ0) is 13.4. The highest BCUT2D eigenvalue weighted by Crippen LogP contribution is 2.20. The highest BCUT2D eigenvalue weighted by Gasteiger charge is 2.18. The molecule has 2 heterocycles. The number of aromatic nitrogens is 1. The first kappa shape index (κ1) is 12.8. The second-order valence-electron chi connectivity index (χ2n) is 5.25. The van der Waals surface area contributed by atoms with Crippen molar-refractivity contribution in [1.29, 1.82) is 0 Å². The first-order chi connectivity index (χ1) is 9.15. The maximum Gasteiger partial charge on any atom is 0.307 e. The third kappa shape index (κ3) is 2.45. The molecule has 3 rings (SSSR count). The Bertz CT molecular complexity index is 646. The van der Waals surface area contributed by atoms with Gasteiger partial charge < -0.3 is 9.88 Å². The number of aryl methyl sites for hydroxylation is 1. The van der Waals surface area contributed by atoms with Gasteiger partial charge in [-0.15, -0.1) is 0 Å². The Labute approximate surface area is 116 Å². The molecule has 1 fully saturated rings. The van der Waals surface area contributed by atoms with Gasteiger partial charge in [0, 0.05) is 39.3 Å². The van der Waals surface area contributed by atoms with Crippen molar-refractivity contribution in [1.82, 2.24) is 14.8 Å². The molecule has 1 N–H and O–H groups in total. The lowest BCUT2D eigenvalue weighted by molar-refractivity contribution is 0.166. The van der Waals surface area contributed by atoms with Crippen molar-refractivity contribution in [3.8, 4) is 0 Å². The van der Waals surface area contributed by atoms with Crippen molar-refractivity contribution < 1.29 is 0 Å². The Morgan fingerprint density at radius 2 is 2.32 bits per heavy atom. The van der Waals surface area contributed by atoms with E-state index in [1.54, 1.807) is 4.57 Å². The molecule has 0 saturated carbocycles. The van der Waals surface area contributed by atoms with E-state index in [0.29, 0.717) is 6.04 Å². The first-order valence-electron chi connectivity index (χ1n) is 6.68. The molecular weight excluding hydrogens is 258 g/mol. The van der Waals surface area contributed by atoms with Gasteiger partial charge in [-0.1, -0.05) is 17.4 Å². The van der Waals surface area contributed by atoms with Crippen molar-refractivity contribution in [2.24, 2.45) is 7.05 Å². The minimum absolute atomic E-state index is 0.114. The molecule has 1 aliphatic rings. The predicted molar refractivity (Wildman–Crippen MR) is 79.8 cm³/mol. The van der Waals surface area contributed by atoms with E-state index in [0.717, 1.165) is 36.4 Å². The second-order valence-corrected chi connectivity index (χ2v) is 6.25. The molecule has 19 heavy (non-hydrogen) atoms. The number of fused-ring (bicyclic) bond motifs is 1. The highest BCUT2D eigenvalue weighted by atomic mass is 32.1. The van der Waals surface area contributed by atoms with Crippen LogP contribution >= 0.6 is 11.3 Å². The van der Waals surface area contributed by atoms with Gasteiger partial charge in [0.2, 0.25) is 0 Å². The van der Waals surface area contributed by atoms with E-state index in [1.165, 1.54) is 16.9 Å². The van der Waals surface area contributed by atoms with Crippen LogP contribution in [0, 0.1) is 0 Å². The van der Waals surface area contributed by atoms with Crippen molar-refractivity contribution in [3.63, 3.8) is 0 Å². The summed E-state index contributed by atoms with van der Waals surface area (Å²) in [6, 6.07) is 6.94. The van der Waals surface area contributed by atoms with Gasteiger partial charge in [0.15, 0.2) is 0 Å². The van der Waals surface area contributed by atoms with Gasteiger partial charge in [-0.05, 0) is 24.6 Å². The summed E-state index contributed by atoms with van der Waals surface area (Å²) in [5, 5.41) is 3.41. The van der Waals surface area contributed by atoms with Gasteiger partial charge in [-0.2, -0.15) is 0 Å². The van der Waals surface area contributed by atoms with Crippen LogP contribution in [0.4, 0.5) is 0 Å². The minimum Gasteiger partial charge on any atom is -0.314 e. The molecular formula is C14H19N3OS. The van der Waals surface area contributed by atoms with E-state index >= 15 is 0 Å². The molecule has 1 saturated heterocycles. The standard InChI is InChI=1S/C14H19N3OS/c1-10-8-15-5-6-17(10)9-11-3-4-12-13(7-11)19-14(18)16(12)2/h3-4,7,10,15H,5-6,8-9H2,1-2H3. The van der Waals surface area contributed by atoms with Crippen molar-refractivity contribution in [3.05, 3.63) is 33.4 Å². The Balaban J connectivity index is 1.87. The molecule has 0 amide bonds. The van der Waals surface area contributed by atoms with Gasteiger partial charge in [-0.3, -0.25) is 9.69 Å². The Kier molecular flexibility index (Phi) is 3.43. The molecule has 0 spiro atoms. The van der Waals surface area contributed by atoms with Crippen LogP contribution in [0.5, 0.6) is 0 Å². The fraction of sp³-hybridized carbons (Fsp3) is 0.500. The predicted octanol–water partition coefficient (Wildman–Crippen LogP) is 1.39. The zero-order valence-corrected chi connectivity index (χ0v) is 12.2. The van der Waals surface area contributed by atoms with Gasteiger partial charge in [0.25, 0.3) is 0 Å². The Morgan fingerprint density at radius 3 is 3.11 bits per heavy atom. The first-order valence-corrected chi connectivity index (χ1v) is 7.50. The van der Waals surface area contributed by atoms with E-state index in [1.807, 2.05) is 7.05 Å². The molecule has 1 aliphatic heterocycles. The van der Waals surface area contributed by atoms with Crippen LogP contribution in [0.1, 0.15) is 12.5 Å². The minimum atomic E-state index is 0.114. The third-order valence-electron chi connectivity index (χ3n) is 3.88. The summed E-state index contributed by atoms with van der Waals surface area (Å²) in [7, 11) is 1.83. The number of nitrogens with zero attached hydrogens (tertiary/aromatic N) is 2. The van der Waals surface area contributed by atoms with Crippen molar-refractivity contribution in [2.45, 2.75) is 19.5 Å². The number of nitrogens with one attached hydrogen (secondary N) is 1. The van der Waals surface area contributed by atoms with Gasteiger partial charge >= 0.3 is 4.87 Å². The third-order valence-corrected chi connectivity index (χ3v) is 4.88. The Morgan fingerprint density at radius 1 is 1.47 bits per heavy atom. The lowest BCUT2D eigenvalue weighted by Gasteiger charge is -2.33. The fourth-order valence-corrected chi connectivity index (χ4v) is 3.57. The normalized spacial score (nSPS) is 21.1. The molecule has 1 atom stereocenters. The second kappa shape index (κ2) is 5.07. The van der Waals surface area contributed by atoms with Crippen LogP contribution in [-0.2, 0) is 13.6 Å². The van der Waals surface area contributed by atoms with Gasteiger partial charge in [0.1, 0.15) is 0 Å². The van der Waals surface area contributed by atoms with Crippen LogP contribution in [0.2, 0.25) is 0 Å². The number of hydrogen-bond donors (Lipinski definition) is 1. The van der Waals surface area contributed by atoms with Gasteiger partial charge in [-0.25, -0.2) is 0 Å². The lowest BCUT2D eigenvalue weighted by atomic mass is 10.1. The molecule has 102 valence electrons. The number of piperazine rings is 1. The maximum atomic E-state index is 11.7. The SMILES string of the molecule is CC1CNCCN1Cc1ccc2c(c1)sc(=O)n2C. The van der Waals surface area contributed by atoms with E-state index in [2.05, 4.69) is 35.3 Å². The fourth-order valence-electron chi connectivity index (χ4n) is 2.63. The molecule has 0 bridgehead atoms. The summed E-state index contributed by atoms with van der Waals surface area (Å²) < 4.78 is 2.81. The van der Waals surface area contributed by atoms with Crippen LogP contribution in [0.25, 0.3) is 10.2 Å². The average Bonchev–Trinajstić information content (AvgIpc) is 2.68. The molecule has 1 unspecified atom stereocenters. The molecule has 1 aromatic heterocycles. The van der Waals surface area contributed by atoms with E-state index < -0.39 is 0 Å². The number of benzene rings is 1.